The summed E-state index contributed by atoms with van der Waals surface area (Å²) in [5, 5.41) is 3.62. The Labute approximate surface area is 167 Å². The van der Waals surface area contributed by atoms with Gasteiger partial charge in [0, 0.05) is 30.2 Å². The van der Waals surface area contributed by atoms with Crippen LogP contribution in [0.25, 0.3) is 11.0 Å². The number of ether oxygens (including phenoxy) is 1. The summed E-state index contributed by atoms with van der Waals surface area (Å²) in [5.74, 6) is -0.501. The third-order valence-corrected chi connectivity index (χ3v) is 4.63. The van der Waals surface area contributed by atoms with Crippen LogP contribution in [0.4, 0.5) is 4.79 Å². The maximum atomic E-state index is 12.5. The molecule has 0 saturated carbocycles. The van der Waals surface area contributed by atoms with Crippen molar-refractivity contribution in [3.8, 4) is 0 Å². The molecule has 0 spiro atoms. The summed E-state index contributed by atoms with van der Waals surface area (Å²) in [4.78, 5) is 38.5. The zero-order valence-corrected chi connectivity index (χ0v) is 16.8. The number of likely N-dealkylation sites (tertiary alicyclic amines) is 1. The van der Waals surface area contributed by atoms with Crippen molar-refractivity contribution in [1.82, 2.24) is 10.2 Å². The monoisotopic (exact) mass is 406 g/mol. The van der Waals surface area contributed by atoms with Crippen LogP contribution < -0.4 is 10.7 Å². The molecule has 1 saturated heterocycles. The molecule has 2 amide bonds. The highest BCUT2D eigenvalue weighted by Gasteiger charge is 2.28. The highest BCUT2D eigenvalue weighted by atomic mass is 35.5. The molecular formula is C20H23ClN2O5. The van der Waals surface area contributed by atoms with Gasteiger partial charge in [-0.05, 0) is 51.8 Å². The van der Waals surface area contributed by atoms with Crippen LogP contribution in [-0.4, -0.2) is 41.6 Å². The molecular weight excluding hydrogens is 384 g/mol. The lowest BCUT2D eigenvalue weighted by Crippen LogP contribution is -2.47. The lowest BCUT2D eigenvalue weighted by molar-refractivity contribution is 0.0199. The summed E-state index contributed by atoms with van der Waals surface area (Å²) in [6.45, 7) is 6.44. The summed E-state index contributed by atoms with van der Waals surface area (Å²) < 4.78 is 10.9. The van der Waals surface area contributed by atoms with E-state index in [1.807, 2.05) is 20.8 Å². The Morgan fingerprint density at radius 1 is 1.21 bits per heavy atom. The van der Waals surface area contributed by atoms with E-state index in [2.05, 4.69) is 5.32 Å². The molecule has 7 nitrogen and oxygen atoms in total. The number of hydrogen-bond donors (Lipinski definition) is 1. The second-order valence-corrected chi connectivity index (χ2v) is 8.27. The van der Waals surface area contributed by atoms with Crippen molar-refractivity contribution < 1.29 is 18.7 Å². The molecule has 28 heavy (non-hydrogen) atoms. The average molecular weight is 407 g/mol. The minimum atomic E-state index is -0.542. The van der Waals surface area contributed by atoms with Crippen LogP contribution in [0.15, 0.2) is 33.5 Å². The topological polar surface area (TPSA) is 88.9 Å². The van der Waals surface area contributed by atoms with Crippen molar-refractivity contribution in [1.29, 1.82) is 0 Å². The number of carbonyl (C=O) groups excluding carboxylic acids is 2. The van der Waals surface area contributed by atoms with Crippen LogP contribution in [-0.2, 0) is 4.74 Å². The SMILES string of the molecule is CC(C)(C)OC(=O)N1CCC(NC(=O)c2cc(=O)c3cc(Cl)ccc3o2)CC1. The summed E-state index contributed by atoms with van der Waals surface area (Å²) in [6, 6.07) is 5.73. The molecule has 8 heteroatoms. The molecule has 150 valence electrons. The Hall–Kier alpha value is -2.54. The van der Waals surface area contributed by atoms with E-state index >= 15 is 0 Å². The summed E-state index contributed by atoms with van der Waals surface area (Å²) in [5.41, 5.74) is -0.560. The first-order chi connectivity index (χ1) is 13.1. The summed E-state index contributed by atoms with van der Waals surface area (Å²) in [6.07, 6.45) is 0.841. The lowest BCUT2D eigenvalue weighted by Gasteiger charge is -2.33. The van der Waals surface area contributed by atoms with E-state index in [0.717, 1.165) is 0 Å². The molecule has 1 aliphatic rings. The number of hydrogen-bond acceptors (Lipinski definition) is 5. The van der Waals surface area contributed by atoms with Gasteiger partial charge in [0.15, 0.2) is 11.2 Å². The molecule has 0 atom stereocenters. The van der Waals surface area contributed by atoms with E-state index in [9.17, 15) is 14.4 Å². The van der Waals surface area contributed by atoms with Gasteiger partial charge >= 0.3 is 6.09 Å². The average Bonchev–Trinajstić information content (AvgIpc) is 2.61. The molecule has 0 radical (unpaired) electrons. The quantitative estimate of drug-likeness (QED) is 0.823. The Balaban J connectivity index is 1.62. The van der Waals surface area contributed by atoms with Crippen LogP contribution in [0.2, 0.25) is 5.02 Å². The highest BCUT2D eigenvalue weighted by Crippen LogP contribution is 2.19. The van der Waals surface area contributed by atoms with Gasteiger partial charge in [-0.25, -0.2) is 4.79 Å². The molecule has 3 rings (SSSR count). The van der Waals surface area contributed by atoms with E-state index in [4.69, 9.17) is 20.8 Å². The van der Waals surface area contributed by atoms with Crippen LogP contribution in [0.3, 0.4) is 0 Å². The Morgan fingerprint density at radius 2 is 1.89 bits per heavy atom. The van der Waals surface area contributed by atoms with E-state index in [-0.39, 0.29) is 23.3 Å². The number of amides is 2. The number of piperidine rings is 1. The van der Waals surface area contributed by atoms with Gasteiger partial charge in [0.1, 0.15) is 11.2 Å². The number of benzene rings is 1. The van der Waals surface area contributed by atoms with E-state index in [1.165, 1.54) is 12.1 Å². The van der Waals surface area contributed by atoms with Crippen LogP contribution in [0, 0.1) is 0 Å². The Kier molecular flexibility index (Phi) is 5.65. The fourth-order valence-electron chi connectivity index (χ4n) is 3.03. The van der Waals surface area contributed by atoms with E-state index in [0.29, 0.717) is 41.9 Å². The third-order valence-electron chi connectivity index (χ3n) is 4.39. The molecule has 0 unspecified atom stereocenters. The van der Waals surface area contributed by atoms with Gasteiger partial charge in [-0.3, -0.25) is 9.59 Å². The van der Waals surface area contributed by atoms with Gasteiger partial charge in [0.25, 0.3) is 5.91 Å². The molecule has 2 heterocycles. The largest absolute Gasteiger partial charge is 0.451 e. The fraction of sp³-hybridized carbons (Fsp3) is 0.450. The van der Waals surface area contributed by atoms with Gasteiger partial charge in [0.2, 0.25) is 0 Å². The van der Waals surface area contributed by atoms with Crippen molar-refractivity contribution in [2.75, 3.05) is 13.1 Å². The zero-order valence-electron chi connectivity index (χ0n) is 16.1. The highest BCUT2D eigenvalue weighted by molar-refractivity contribution is 6.31. The molecule has 1 N–H and O–H groups in total. The minimum absolute atomic E-state index is 0.0469. The predicted octanol–water partition coefficient (Wildman–Crippen LogP) is 3.58. The lowest BCUT2D eigenvalue weighted by atomic mass is 10.1. The Bertz CT molecular complexity index is 955. The van der Waals surface area contributed by atoms with Gasteiger partial charge in [-0.15, -0.1) is 0 Å². The van der Waals surface area contributed by atoms with Gasteiger partial charge in [-0.1, -0.05) is 11.6 Å². The van der Waals surface area contributed by atoms with Gasteiger partial charge in [-0.2, -0.15) is 0 Å². The molecule has 1 aromatic heterocycles. The second kappa shape index (κ2) is 7.83. The normalized spacial score (nSPS) is 15.5. The first-order valence-corrected chi connectivity index (χ1v) is 9.52. The van der Waals surface area contributed by atoms with Crippen LogP contribution >= 0.6 is 11.6 Å². The third kappa shape index (κ3) is 4.84. The molecule has 2 aromatic rings. The van der Waals surface area contributed by atoms with Gasteiger partial charge < -0.3 is 19.4 Å². The number of nitrogens with zero attached hydrogens (tertiary/aromatic N) is 1. The molecule has 0 bridgehead atoms. The molecule has 1 aliphatic heterocycles. The smallest absolute Gasteiger partial charge is 0.410 e. The molecule has 1 fully saturated rings. The molecule has 1 aromatic carbocycles. The number of fused-ring (bicyclic) bond motifs is 1. The van der Waals surface area contributed by atoms with Crippen molar-refractivity contribution in [3.05, 3.63) is 45.3 Å². The number of rotatable bonds is 2. The number of nitrogens with one attached hydrogen (secondary N) is 1. The summed E-state index contributed by atoms with van der Waals surface area (Å²) in [7, 11) is 0. The first kappa shape index (κ1) is 20.2. The second-order valence-electron chi connectivity index (χ2n) is 7.83. The van der Waals surface area contributed by atoms with Gasteiger partial charge in [0.05, 0.1) is 5.39 Å². The van der Waals surface area contributed by atoms with Crippen molar-refractivity contribution >= 4 is 34.6 Å². The number of carbonyl (C=O) groups is 2. The summed E-state index contributed by atoms with van der Waals surface area (Å²) >= 11 is 5.89. The number of halogens is 1. The van der Waals surface area contributed by atoms with E-state index in [1.54, 1.807) is 17.0 Å². The van der Waals surface area contributed by atoms with Crippen LogP contribution in [0.5, 0.6) is 0 Å². The minimum Gasteiger partial charge on any atom is -0.451 e. The standard InChI is InChI=1S/C20H23ClN2O5/c1-20(2,3)28-19(26)23-8-6-13(7-9-23)22-18(25)17-11-15(24)14-10-12(21)4-5-16(14)27-17/h4-5,10-11,13H,6-9H2,1-3H3,(H,22,25). The van der Waals surface area contributed by atoms with Crippen molar-refractivity contribution in [3.63, 3.8) is 0 Å². The molecule has 0 aliphatic carbocycles. The van der Waals surface area contributed by atoms with E-state index < -0.39 is 11.5 Å². The van der Waals surface area contributed by atoms with Crippen LogP contribution in [0.1, 0.15) is 44.2 Å². The Morgan fingerprint density at radius 3 is 2.54 bits per heavy atom. The van der Waals surface area contributed by atoms with Crippen molar-refractivity contribution in [2.24, 2.45) is 0 Å². The maximum Gasteiger partial charge on any atom is 0.410 e. The first-order valence-electron chi connectivity index (χ1n) is 9.14. The predicted molar refractivity (Wildman–Crippen MR) is 106 cm³/mol. The maximum absolute atomic E-state index is 12.5. The zero-order chi connectivity index (χ0) is 20.5. The fourth-order valence-corrected chi connectivity index (χ4v) is 3.20. The van der Waals surface area contributed by atoms with Crippen molar-refractivity contribution in [2.45, 2.75) is 45.3 Å².